The van der Waals surface area contributed by atoms with Crippen LogP contribution in [0.15, 0.2) is 66.1 Å². The van der Waals surface area contributed by atoms with Gasteiger partial charge in [0.1, 0.15) is 16.5 Å². The summed E-state index contributed by atoms with van der Waals surface area (Å²) >= 11 is 0. The van der Waals surface area contributed by atoms with Crippen LogP contribution in [0, 0.1) is 11.6 Å². The molecule has 0 bridgehead atoms. The molecule has 0 radical (unpaired) electrons. The quantitative estimate of drug-likeness (QED) is 0.732. The Morgan fingerprint density at radius 3 is 2.44 bits per heavy atom. The molecule has 0 aliphatic heterocycles. The monoisotopic (exact) mass is 363 g/mol. The van der Waals surface area contributed by atoms with Gasteiger partial charge in [-0.15, -0.1) is 0 Å². The molecular weight excluding hydrogens is 348 g/mol. The van der Waals surface area contributed by atoms with Crippen molar-refractivity contribution in [2.75, 3.05) is 0 Å². The molecule has 0 saturated carbocycles. The van der Waals surface area contributed by atoms with E-state index in [4.69, 9.17) is 0 Å². The molecule has 0 aliphatic rings. The second-order valence-corrected chi connectivity index (χ2v) is 7.19. The van der Waals surface area contributed by atoms with E-state index in [-0.39, 0.29) is 6.54 Å². The molecule has 0 aliphatic carbocycles. The third kappa shape index (κ3) is 4.28. The number of imidazole rings is 1. The largest absolute Gasteiger partial charge is 0.333 e. The molecule has 8 heteroatoms. The molecule has 0 spiro atoms. The highest BCUT2D eigenvalue weighted by Gasteiger charge is 2.19. The zero-order chi connectivity index (χ0) is 17.9. The number of aromatic nitrogens is 2. The smallest absolute Gasteiger partial charge is 0.243 e. The van der Waals surface area contributed by atoms with Crippen molar-refractivity contribution < 1.29 is 17.2 Å². The lowest BCUT2D eigenvalue weighted by Crippen LogP contribution is -2.24. The molecule has 1 aromatic heterocycles. The average molecular weight is 363 g/mol. The molecular formula is C17H15F2N3O2S. The summed E-state index contributed by atoms with van der Waals surface area (Å²) in [5.41, 5.74) is 1.73. The van der Waals surface area contributed by atoms with Crippen LogP contribution in [0.25, 0.3) is 0 Å². The Balaban J connectivity index is 1.67. The van der Waals surface area contributed by atoms with Crippen LogP contribution in [-0.4, -0.2) is 18.0 Å². The highest BCUT2D eigenvalue weighted by molar-refractivity contribution is 7.89. The van der Waals surface area contributed by atoms with Crippen LogP contribution < -0.4 is 4.72 Å². The first kappa shape index (κ1) is 17.2. The van der Waals surface area contributed by atoms with Gasteiger partial charge in [-0.3, -0.25) is 0 Å². The van der Waals surface area contributed by atoms with Crippen LogP contribution in [0.3, 0.4) is 0 Å². The van der Waals surface area contributed by atoms with Gasteiger partial charge in [-0.2, -0.15) is 0 Å². The predicted molar refractivity (Wildman–Crippen MR) is 88.2 cm³/mol. The maximum absolute atomic E-state index is 13.6. The number of nitrogens with one attached hydrogen (secondary N) is 1. The van der Waals surface area contributed by atoms with Gasteiger partial charge in [-0.1, -0.05) is 24.3 Å². The van der Waals surface area contributed by atoms with Crippen molar-refractivity contribution in [3.05, 3.63) is 83.9 Å². The van der Waals surface area contributed by atoms with Gasteiger partial charge in [0.25, 0.3) is 0 Å². The summed E-state index contributed by atoms with van der Waals surface area (Å²) in [4.78, 5) is 3.26. The van der Waals surface area contributed by atoms with E-state index in [0.29, 0.717) is 18.2 Å². The van der Waals surface area contributed by atoms with Gasteiger partial charge in [0.2, 0.25) is 10.0 Å². The van der Waals surface area contributed by atoms with E-state index in [0.717, 1.165) is 17.7 Å². The van der Waals surface area contributed by atoms with Crippen LogP contribution in [-0.2, 0) is 23.1 Å². The molecule has 3 aromatic rings. The lowest BCUT2D eigenvalue weighted by Gasteiger charge is -2.09. The van der Waals surface area contributed by atoms with Crippen LogP contribution in [0.1, 0.15) is 11.1 Å². The molecule has 1 N–H and O–H groups in total. The maximum Gasteiger partial charge on any atom is 0.243 e. The number of halogens is 2. The summed E-state index contributed by atoms with van der Waals surface area (Å²) in [5, 5.41) is 0. The van der Waals surface area contributed by atoms with E-state index in [9.17, 15) is 17.2 Å². The minimum Gasteiger partial charge on any atom is -0.333 e. The van der Waals surface area contributed by atoms with Crippen LogP contribution in [0.2, 0.25) is 0 Å². The fourth-order valence-electron chi connectivity index (χ4n) is 2.29. The first-order chi connectivity index (χ1) is 11.9. The van der Waals surface area contributed by atoms with Gasteiger partial charge in [0.15, 0.2) is 0 Å². The average Bonchev–Trinajstić information content (AvgIpc) is 3.09. The number of benzene rings is 2. The molecule has 2 aromatic carbocycles. The Kier molecular flexibility index (Phi) is 4.91. The van der Waals surface area contributed by atoms with E-state index >= 15 is 0 Å². The fourth-order valence-corrected chi connectivity index (χ4v) is 3.40. The topological polar surface area (TPSA) is 64.0 Å². The maximum atomic E-state index is 13.6. The summed E-state index contributed by atoms with van der Waals surface area (Å²) in [6.45, 7) is 0.629. The van der Waals surface area contributed by atoms with Crippen molar-refractivity contribution in [1.29, 1.82) is 0 Å². The molecule has 25 heavy (non-hydrogen) atoms. The summed E-state index contributed by atoms with van der Waals surface area (Å²) in [6, 6.07) is 9.60. The molecule has 0 amide bonds. The first-order valence-electron chi connectivity index (χ1n) is 7.42. The van der Waals surface area contributed by atoms with Gasteiger partial charge in [-0.05, 0) is 29.3 Å². The van der Waals surface area contributed by atoms with Gasteiger partial charge >= 0.3 is 0 Å². The van der Waals surface area contributed by atoms with Crippen molar-refractivity contribution in [2.45, 2.75) is 18.0 Å². The van der Waals surface area contributed by atoms with E-state index < -0.39 is 26.6 Å². The Hall–Kier alpha value is -2.58. The SMILES string of the molecule is O=S(=O)(NCc1ccc(Cn2ccnc2)cc1)c1cc(F)ccc1F. The van der Waals surface area contributed by atoms with Gasteiger partial charge in [0.05, 0.1) is 6.33 Å². The van der Waals surface area contributed by atoms with E-state index in [1.54, 1.807) is 24.7 Å². The molecule has 130 valence electrons. The van der Waals surface area contributed by atoms with Crippen molar-refractivity contribution in [1.82, 2.24) is 14.3 Å². The third-order valence-corrected chi connectivity index (χ3v) is 5.01. The normalized spacial score (nSPS) is 11.6. The molecule has 0 fully saturated rings. The number of nitrogens with zero attached hydrogens (tertiary/aromatic N) is 2. The predicted octanol–water partition coefficient (Wildman–Crippen LogP) is 2.69. The van der Waals surface area contributed by atoms with Gasteiger partial charge in [-0.25, -0.2) is 26.9 Å². The Morgan fingerprint density at radius 2 is 1.76 bits per heavy atom. The van der Waals surface area contributed by atoms with Crippen molar-refractivity contribution in [3.8, 4) is 0 Å². The van der Waals surface area contributed by atoms with E-state index in [1.165, 1.54) is 0 Å². The molecule has 0 atom stereocenters. The van der Waals surface area contributed by atoms with Crippen molar-refractivity contribution in [3.63, 3.8) is 0 Å². The molecule has 5 nitrogen and oxygen atoms in total. The Labute approximate surface area is 144 Å². The Morgan fingerprint density at radius 1 is 1.04 bits per heavy atom. The lowest BCUT2D eigenvalue weighted by atomic mass is 10.1. The Bertz CT molecular complexity index is 956. The molecule has 3 rings (SSSR count). The summed E-state index contributed by atoms with van der Waals surface area (Å²) in [7, 11) is -4.14. The highest BCUT2D eigenvalue weighted by Crippen LogP contribution is 2.16. The van der Waals surface area contributed by atoms with Crippen LogP contribution in [0.4, 0.5) is 8.78 Å². The summed E-state index contributed by atoms with van der Waals surface area (Å²) < 4.78 is 55.2. The first-order valence-corrected chi connectivity index (χ1v) is 8.91. The second kappa shape index (κ2) is 7.12. The molecule has 0 saturated heterocycles. The van der Waals surface area contributed by atoms with Crippen molar-refractivity contribution >= 4 is 10.0 Å². The number of rotatable bonds is 6. The van der Waals surface area contributed by atoms with Crippen LogP contribution in [0.5, 0.6) is 0 Å². The molecule has 0 unspecified atom stereocenters. The third-order valence-electron chi connectivity index (χ3n) is 3.60. The fraction of sp³-hybridized carbons (Fsp3) is 0.118. The zero-order valence-corrected chi connectivity index (χ0v) is 13.9. The van der Waals surface area contributed by atoms with E-state index in [1.807, 2.05) is 22.9 Å². The van der Waals surface area contributed by atoms with E-state index in [2.05, 4.69) is 9.71 Å². The van der Waals surface area contributed by atoms with Gasteiger partial charge < -0.3 is 4.57 Å². The zero-order valence-electron chi connectivity index (χ0n) is 13.1. The summed E-state index contributed by atoms with van der Waals surface area (Å²) in [6.07, 6.45) is 5.24. The van der Waals surface area contributed by atoms with Crippen molar-refractivity contribution in [2.24, 2.45) is 0 Å². The lowest BCUT2D eigenvalue weighted by molar-refractivity contribution is 0.545. The number of hydrogen-bond acceptors (Lipinski definition) is 3. The minimum absolute atomic E-state index is 0.0242. The molecule has 1 heterocycles. The number of sulfonamides is 1. The standard InChI is InChI=1S/C17H15F2N3O2S/c18-15-5-6-16(19)17(9-15)25(23,24)21-10-13-1-3-14(4-2-13)11-22-8-7-20-12-22/h1-9,12,21H,10-11H2. The highest BCUT2D eigenvalue weighted by atomic mass is 32.2. The van der Waals surface area contributed by atoms with Gasteiger partial charge in [0, 0.05) is 25.5 Å². The number of hydrogen-bond donors (Lipinski definition) is 1. The summed E-state index contributed by atoms with van der Waals surface area (Å²) in [5.74, 6) is -1.81. The minimum atomic E-state index is -4.14. The second-order valence-electron chi connectivity index (χ2n) is 5.45. The van der Waals surface area contributed by atoms with Crippen LogP contribution >= 0.6 is 0 Å².